The Hall–Kier alpha value is -3.72. The lowest BCUT2D eigenvalue weighted by Gasteiger charge is -2.15. The molecule has 3 heterocycles. The summed E-state index contributed by atoms with van der Waals surface area (Å²) in [6.07, 6.45) is 1.64. The lowest BCUT2D eigenvalue weighted by Crippen LogP contribution is -2.28. The molecule has 0 radical (unpaired) electrons. The number of thioether (sulfide) groups is 1. The van der Waals surface area contributed by atoms with E-state index in [4.69, 9.17) is 13.9 Å². The van der Waals surface area contributed by atoms with Gasteiger partial charge in [0.2, 0.25) is 12.7 Å². The SMILES string of the molecule is Cc1occc1-c1nnc(SCC(=O)N[C@H](C)c2ccc3c(c2)OCO3)n1Cc1ccccc1. The van der Waals surface area contributed by atoms with Gasteiger partial charge in [-0.3, -0.25) is 9.36 Å². The molecule has 0 fully saturated rings. The number of hydrogen-bond donors (Lipinski definition) is 1. The van der Waals surface area contributed by atoms with Crippen LogP contribution < -0.4 is 14.8 Å². The third-order valence-electron chi connectivity index (χ3n) is 5.61. The van der Waals surface area contributed by atoms with Gasteiger partial charge in [0, 0.05) is 0 Å². The van der Waals surface area contributed by atoms with Crippen molar-refractivity contribution >= 4 is 17.7 Å². The van der Waals surface area contributed by atoms with Crippen LogP contribution >= 0.6 is 11.8 Å². The monoisotopic (exact) mass is 476 g/mol. The predicted molar refractivity (Wildman–Crippen MR) is 128 cm³/mol. The molecule has 1 N–H and O–H groups in total. The predicted octanol–water partition coefficient (Wildman–Crippen LogP) is 4.59. The molecule has 1 atom stereocenters. The van der Waals surface area contributed by atoms with Gasteiger partial charge in [0.15, 0.2) is 22.5 Å². The molecule has 1 aliphatic heterocycles. The maximum atomic E-state index is 12.7. The Balaban J connectivity index is 1.29. The van der Waals surface area contributed by atoms with Crippen LogP contribution in [0.3, 0.4) is 0 Å². The molecule has 1 aliphatic rings. The van der Waals surface area contributed by atoms with Gasteiger partial charge in [-0.25, -0.2) is 0 Å². The molecule has 1 amide bonds. The summed E-state index contributed by atoms with van der Waals surface area (Å²) in [7, 11) is 0. The highest BCUT2D eigenvalue weighted by molar-refractivity contribution is 7.99. The molecule has 2 aromatic carbocycles. The average molecular weight is 477 g/mol. The van der Waals surface area contributed by atoms with Crippen LogP contribution in [0.15, 0.2) is 70.4 Å². The number of aromatic nitrogens is 3. The number of ether oxygens (including phenoxy) is 2. The number of amides is 1. The largest absolute Gasteiger partial charge is 0.469 e. The summed E-state index contributed by atoms with van der Waals surface area (Å²) < 4.78 is 18.3. The van der Waals surface area contributed by atoms with Crippen molar-refractivity contribution in [2.45, 2.75) is 31.6 Å². The van der Waals surface area contributed by atoms with E-state index in [-0.39, 0.29) is 24.5 Å². The van der Waals surface area contributed by atoms with E-state index < -0.39 is 0 Å². The number of carbonyl (C=O) groups excluding carboxylic acids is 1. The van der Waals surface area contributed by atoms with E-state index in [1.54, 1.807) is 6.26 Å². The van der Waals surface area contributed by atoms with E-state index in [9.17, 15) is 4.79 Å². The standard InChI is InChI=1S/C25H24N4O4S/c1-16(19-8-9-21-22(12-19)33-15-32-21)26-23(30)14-34-25-28-27-24(20-10-11-31-17(20)2)29(25)13-18-6-4-3-5-7-18/h3-12,16H,13-15H2,1-2H3,(H,26,30)/t16-/m1/s1. The number of aryl methyl sites for hydroxylation is 1. The van der Waals surface area contributed by atoms with Crippen LogP contribution in [0, 0.1) is 6.92 Å². The maximum absolute atomic E-state index is 12.7. The number of hydrogen-bond acceptors (Lipinski definition) is 7. The molecule has 2 aromatic heterocycles. The van der Waals surface area contributed by atoms with E-state index in [1.807, 2.05) is 60.9 Å². The Bertz CT molecular complexity index is 1300. The van der Waals surface area contributed by atoms with Crippen LogP contribution in [0.1, 0.15) is 29.9 Å². The summed E-state index contributed by atoms with van der Waals surface area (Å²) in [4.78, 5) is 12.7. The van der Waals surface area contributed by atoms with Crippen LogP contribution in [0.4, 0.5) is 0 Å². The Kier molecular flexibility index (Phi) is 6.27. The minimum Gasteiger partial charge on any atom is -0.469 e. The molecule has 174 valence electrons. The molecule has 0 bridgehead atoms. The fourth-order valence-electron chi connectivity index (χ4n) is 3.80. The zero-order chi connectivity index (χ0) is 23.5. The molecule has 0 saturated carbocycles. The summed E-state index contributed by atoms with van der Waals surface area (Å²) in [6, 6.07) is 17.5. The van der Waals surface area contributed by atoms with Crippen molar-refractivity contribution in [1.29, 1.82) is 0 Å². The van der Waals surface area contributed by atoms with Crippen LogP contribution in [-0.4, -0.2) is 33.2 Å². The number of fused-ring (bicyclic) bond motifs is 1. The Morgan fingerprint density at radius 1 is 1.12 bits per heavy atom. The molecule has 0 unspecified atom stereocenters. The Morgan fingerprint density at radius 2 is 1.94 bits per heavy atom. The van der Waals surface area contributed by atoms with E-state index in [1.165, 1.54) is 11.8 Å². The average Bonchev–Trinajstić information content (AvgIpc) is 3.58. The summed E-state index contributed by atoms with van der Waals surface area (Å²) in [5.41, 5.74) is 2.95. The summed E-state index contributed by atoms with van der Waals surface area (Å²) >= 11 is 1.36. The van der Waals surface area contributed by atoms with Gasteiger partial charge in [0.05, 0.1) is 30.2 Å². The van der Waals surface area contributed by atoms with Gasteiger partial charge in [-0.2, -0.15) is 0 Å². The van der Waals surface area contributed by atoms with Gasteiger partial charge in [-0.05, 0) is 43.2 Å². The molecule has 0 spiro atoms. The van der Waals surface area contributed by atoms with Gasteiger partial charge >= 0.3 is 0 Å². The first-order valence-corrected chi connectivity index (χ1v) is 11.9. The fourth-order valence-corrected chi connectivity index (χ4v) is 4.55. The van der Waals surface area contributed by atoms with E-state index >= 15 is 0 Å². The second kappa shape index (κ2) is 9.64. The van der Waals surface area contributed by atoms with E-state index in [0.717, 1.165) is 28.2 Å². The number of nitrogens with one attached hydrogen (secondary N) is 1. The van der Waals surface area contributed by atoms with Crippen LogP contribution in [0.5, 0.6) is 11.5 Å². The molecule has 4 aromatic rings. The minimum atomic E-state index is -0.172. The van der Waals surface area contributed by atoms with Gasteiger partial charge < -0.3 is 19.2 Å². The summed E-state index contributed by atoms with van der Waals surface area (Å²) in [6.45, 7) is 4.65. The fraction of sp³-hybridized carbons (Fsp3) is 0.240. The molecule has 0 aliphatic carbocycles. The zero-order valence-electron chi connectivity index (χ0n) is 18.9. The topological polar surface area (TPSA) is 91.4 Å². The van der Waals surface area contributed by atoms with Crippen molar-refractivity contribution in [1.82, 2.24) is 20.1 Å². The summed E-state index contributed by atoms with van der Waals surface area (Å²) in [5.74, 6) is 3.03. The molecule has 5 rings (SSSR count). The molecule has 8 nitrogen and oxygen atoms in total. The lowest BCUT2D eigenvalue weighted by molar-refractivity contribution is -0.119. The Labute approximate surface area is 201 Å². The number of carbonyl (C=O) groups is 1. The Morgan fingerprint density at radius 3 is 2.74 bits per heavy atom. The van der Waals surface area contributed by atoms with Crippen LogP contribution in [0.25, 0.3) is 11.4 Å². The van der Waals surface area contributed by atoms with Gasteiger partial charge in [0.25, 0.3) is 0 Å². The third kappa shape index (κ3) is 4.65. The third-order valence-corrected chi connectivity index (χ3v) is 6.57. The van der Waals surface area contributed by atoms with Crippen molar-refractivity contribution in [3.05, 3.63) is 77.7 Å². The molecule has 0 saturated heterocycles. The highest BCUT2D eigenvalue weighted by Gasteiger charge is 2.20. The van der Waals surface area contributed by atoms with Crippen molar-refractivity contribution in [3.63, 3.8) is 0 Å². The number of benzene rings is 2. The normalized spacial score (nSPS) is 13.1. The zero-order valence-corrected chi connectivity index (χ0v) is 19.7. The molecular weight excluding hydrogens is 452 g/mol. The molecular formula is C25H24N4O4S. The van der Waals surface area contributed by atoms with E-state index in [0.29, 0.717) is 23.3 Å². The van der Waals surface area contributed by atoms with Crippen molar-refractivity contribution in [3.8, 4) is 22.9 Å². The van der Waals surface area contributed by atoms with Crippen LogP contribution in [-0.2, 0) is 11.3 Å². The highest BCUT2D eigenvalue weighted by atomic mass is 32.2. The summed E-state index contributed by atoms with van der Waals surface area (Å²) in [5, 5.41) is 12.5. The number of furan rings is 1. The second-order valence-corrected chi connectivity index (χ2v) is 8.90. The van der Waals surface area contributed by atoms with Crippen molar-refractivity contribution in [2.75, 3.05) is 12.5 Å². The maximum Gasteiger partial charge on any atom is 0.231 e. The minimum absolute atomic E-state index is 0.0922. The quantitative estimate of drug-likeness (QED) is 0.372. The highest BCUT2D eigenvalue weighted by Crippen LogP contribution is 2.34. The van der Waals surface area contributed by atoms with Crippen molar-refractivity contribution < 1.29 is 18.7 Å². The molecule has 34 heavy (non-hydrogen) atoms. The van der Waals surface area contributed by atoms with Gasteiger partial charge in [0.1, 0.15) is 5.76 Å². The first-order valence-electron chi connectivity index (χ1n) is 10.9. The number of rotatable bonds is 8. The molecule has 9 heteroatoms. The van der Waals surface area contributed by atoms with E-state index in [2.05, 4.69) is 27.6 Å². The smallest absolute Gasteiger partial charge is 0.231 e. The van der Waals surface area contributed by atoms with Crippen LogP contribution in [0.2, 0.25) is 0 Å². The lowest BCUT2D eigenvalue weighted by atomic mass is 10.1. The van der Waals surface area contributed by atoms with Gasteiger partial charge in [-0.1, -0.05) is 48.2 Å². The van der Waals surface area contributed by atoms with Crippen molar-refractivity contribution in [2.24, 2.45) is 0 Å². The first kappa shape index (κ1) is 22.1. The first-order chi connectivity index (χ1) is 16.6. The van der Waals surface area contributed by atoms with Gasteiger partial charge in [-0.15, -0.1) is 10.2 Å². The number of nitrogens with zero attached hydrogens (tertiary/aromatic N) is 3. The second-order valence-electron chi connectivity index (χ2n) is 7.96.